The minimum absolute atomic E-state index is 0.0511. The second kappa shape index (κ2) is 15.5. The molecule has 3 N–H and O–H groups in total. The van der Waals surface area contributed by atoms with Gasteiger partial charge in [0.15, 0.2) is 0 Å². The zero-order valence-electron chi connectivity index (χ0n) is 27.9. The molecule has 2 fully saturated rings. The molecule has 2 saturated carbocycles. The summed E-state index contributed by atoms with van der Waals surface area (Å²) in [5.74, 6) is -6.16. The molecule has 0 radical (unpaired) electrons. The summed E-state index contributed by atoms with van der Waals surface area (Å²) in [5, 5.41) is 5.19. The molecule has 2 bridgehead atoms. The summed E-state index contributed by atoms with van der Waals surface area (Å²) in [6, 6.07) is 6.90. The Morgan fingerprint density at radius 2 is 1.38 bits per heavy atom. The fourth-order valence-corrected chi connectivity index (χ4v) is 7.68. The van der Waals surface area contributed by atoms with Gasteiger partial charge in [0.1, 0.15) is 6.04 Å². The van der Waals surface area contributed by atoms with Crippen molar-refractivity contribution in [3.63, 3.8) is 0 Å². The van der Waals surface area contributed by atoms with E-state index in [1.165, 1.54) is 67.3 Å². The third-order valence-corrected chi connectivity index (χ3v) is 10.8. The van der Waals surface area contributed by atoms with Crippen LogP contribution < -0.4 is 15.4 Å². The van der Waals surface area contributed by atoms with E-state index in [9.17, 15) is 45.6 Å². The molecule has 2 aliphatic rings. The van der Waals surface area contributed by atoms with Crippen LogP contribution in [0.15, 0.2) is 53.4 Å². The SMILES string of the molecule is CC(C)C(NC(=O)CN(C(=O)[C@@H](NC(=O)c1ccc(C(=O)NS(=O)(=O)c2ccc(Cl)cc2)cc1)C(C)C)[C@@H]1CC2CCC1C2)C(=O)C(F)(F)F. The highest BCUT2D eigenvalue weighted by molar-refractivity contribution is 7.90. The maximum absolute atomic E-state index is 14.1. The Bertz CT molecular complexity index is 1720. The first kappa shape index (κ1) is 38.8. The van der Waals surface area contributed by atoms with Crippen LogP contribution in [0, 0.1) is 23.7 Å². The minimum Gasteiger partial charge on any atom is -0.344 e. The molecule has 4 amide bonds. The normalized spacial score (nSPS) is 19.9. The lowest BCUT2D eigenvalue weighted by Gasteiger charge is -2.38. The molecule has 2 aromatic rings. The van der Waals surface area contributed by atoms with E-state index in [4.69, 9.17) is 11.6 Å². The molecule has 0 aliphatic heterocycles. The average molecular weight is 741 g/mol. The molecule has 272 valence electrons. The number of hydrogen-bond acceptors (Lipinski definition) is 7. The van der Waals surface area contributed by atoms with Crippen LogP contribution in [0.1, 0.15) is 74.1 Å². The van der Waals surface area contributed by atoms with Crippen molar-refractivity contribution in [2.45, 2.75) is 82.6 Å². The predicted molar refractivity (Wildman–Crippen MR) is 177 cm³/mol. The fourth-order valence-electron chi connectivity index (χ4n) is 6.58. The number of fused-ring (bicyclic) bond motifs is 2. The van der Waals surface area contributed by atoms with Crippen molar-refractivity contribution in [1.82, 2.24) is 20.3 Å². The number of halogens is 4. The molecule has 16 heteroatoms. The summed E-state index contributed by atoms with van der Waals surface area (Å²) in [6.07, 6.45) is -1.92. The highest BCUT2D eigenvalue weighted by atomic mass is 35.5. The van der Waals surface area contributed by atoms with E-state index >= 15 is 0 Å². The Kier molecular flexibility index (Phi) is 12.0. The van der Waals surface area contributed by atoms with Gasteiger partial charge in [-0.3, -0.25) is 24.0 Å². The summed E-state index contributed by atoms with van der Waals surface area (Å²) < 4.78 is 66.9. The van der Waals surface area contributed by atoms with Crippen molar-refractivity contribution < 1.29 is 45.6 Å². The standard InChI is InChI=1S/C34H40ClF3N4O7S/c1-18(2)28(30(44)34(36,37)38)39-27(43)17-42(26-16-20-5-6-23(26)15-20)33(47)29(19(3)4)40-31(45)21-7-9-22(10-8-21)32(46)41-50(48,49)25-13-11-24(35)12-14-25/h7-14,18-20,23,26,28-29H,5-6,15-17H2,1-4H3,(H,39,43)(H,40,45)(H,41,46)/t20?,23?,26-,28?,29+/m1/s1. The van der Waals surface area contributed by atoms with Crippen LogP contribution >= 0.6 is 11.6 Å². The van der Waals surface area contributed by atoms with E-state index in [0.29, 0.717) is 17.4 Å². The Hall–Kier alpha value is -3.98. The number of Topliss-reactive ketones (excluding diaryl/α,β-unsaturated/α-hetero) is 1. The Balaban J connectivity index is 1.49. The van der Waals surface area contributed by atoms with E-state index in [1.807, 2.05) is 4.72 Å². The second-order valence-electron chi connectivity index (χ2n) is 13.5. The maximum Gasteiger partial charge on any atom is 0.452 e. The molecule has 5 atom stereocenters. The van der Waals surface area contributed by atoms with Gasteiger partial charge in [0.2, 0.25) is 11.8 Å². The van der Waals surface area contributed by atoms with Crippen molar-refractivity contribution in [2.75, 3.05) is 6.54 Å². The highest BCUT2D eigenvalue weighted by Crippen LogP contribution is 2.46. The van der Waals surface area contributed by atoms with Crippen LogP contribution in [0.2, 0.25) is 5.02 Å². The molecule has 3 unspecified atom stereocenters. The molecule has 11 nitrogen and oxygen atoms in total. The van der Waals surface area contributed by atoms with Crippen LogP contribution in [0.25, 0.3) is 0 Å². The Morgan fingerprint density at radius 1 is 0.820 bits per heavy atom. The summed E-state index contributed by atoms with van der Waals surface area (Å²) >= 11 is 5.80. The number of sulfonamides is 1. The van der Waals surface area contributed by atoms with Gasteiger partial charge in [-0.2, -0.15) is 13.2 Å². The summed E-state index contributed by atoms with van der Waals surface area (Å²) in [4.78, 5) is 66.6. The van der Waals surface area contributed by atoms with Crippen molar-refractivity contribution in [2.24, 2.45) is 23.7 Å². The van der Waals surface area contributed by atoms with Crippen LogP contribution in [-0.2, 0) is 24.4 Å². The van der Waals surface area contributed by atoms with Gasteiger partial charge < -0.3 is 15.5 Å². The lowest BCUT2D eigenvalue weighted by molar-refractivity contribution is -0.175. The molecule has 2 aromatic carbocycles. The first-order chi connectivity index (χ1) is 23.3. The second-order valence-corrected chi connectivity index (χ2v) is 15.6. The van der Waals surface area contributed by atoms with Crippen LogP contribution in [0.3, 0.4) is 0 Å². The number of carbonyl (C=O) groups excluding carboxylic acids is 5. The summed E-state index contributed by atoms with van der Waals surface area (Å²) in [7, 11) is -4.21. The smallest absolute Gasteiger partial charge is 0.344 e. The highest BCUT2D eigenvalue weighted by Gasteiger charge is 2.47. The number of alkyl halides is 3. The molecule has 0 heterocycles. The maximum atomic E-state index is 14.1. The molecule has 0 spiro atoms. The van der Waals surface area contributed by atoms with Gasteiger partial charge in [0, 0.05) is 22.2 Å². The van der Waals surface area contributed by atoms with Gasteiger partial charge in [0.05, 0.1) is 17.5 Å². The van der Waals surface area contributed by atoms with E-state index < -0.39 is 76.1 Å². The largest absolute Gasteiger partial charge is 0.452 e. The zero-order valence-corrected chi connectivity index (χ0v) is 29.5. The van der Waals surface area contributed by atoms with Crippen molar-refractivity contribution in [3.8, 4) is 0 Å². The predicted octanol–water partition coefficient (Wildman–Crippen LogP) is 4.50. The quantitative estimate of drug-likeness (QED) is 0.273. The number of nitrogens with one attached hydrogen (secondary N) is 3. The summed E-state index contributed by atoms with van der Waals surface area (Å²) in [6.45, 7) is 5.53. The number of hydrogen-bond donors (Lipinski definition) is 3. The van der Waals surface area contributed by atoms with Gasteiger partial charge in [-0.05, 0) is 91.5 Å². The molecular formula is C34H40ClF3N4O7S. The number of amides is 4. The molecule has 0 aromatic heterocycles. The molecule has 50 heavy (non-hydrogen) atoms. The Labute approximate surface area is 293 Å². The lowest BCUT2D eigenvalue weighted by Crippen LogP contribution is -2.58. The van der Waals surface area contributed by atoms with Gasteiger partial charge in [0.25, 0.3) is 27.6 Å². The number of ketones is 1. The fraction of sp³-hybridized carbons (Fsp3) is 0.500. The third-order valence-electron chi connectivity index (χ3n) is 9.22. The van der Waals surface area contributed by atoms with E-state index in [-0.39, 0.29) is 28.0 Å². The molecule has 0 saturated heterocycles. The molecule has 4 rings (SSSR count). The van der Waals surface area contributed by atoms with Crippen molar-refractivity contribution >= 4 is 51.0 Å². The first-order valence-electron chi connectivity index (χ1n) is 16.2. The van der Waals surface area contributed by atoms with Crippen LogP contribution in [0.5, 0.6) is 0 Å². The van der Waals surface area contributed by atoms with Crippen molar-refractivity contribution in [1.29, 1.82) is 0 Å². The number of benzene rings is 2. The number of carbonyl (C=O) groups is 5. The van der Waals surface area contributed by atoms with Crippen LogP contribution in [0.4, 0.5) is 13.2 Å². The molecule has 2 aliphatic carbocycles. The zero-order chi connectivity index (χ0) is 37.1. The van der Waals surface area contributed by atoms with E-state index in [0.717, 1.165) is 19.3 Å². The van der Waals surface area contributed by atoms with E-state index in [1.54, 1.807) is 13.8 Å². The van der Waals surface area contributed by atoms with Gasteiger partial charge in [-0.25, -0.2) is 13.1 Å². The lowest BCUT2D eigenvalue weighted by atomic mass is 9.92. The monoisotopic (exact) mass is 740 g/mol. The summed E-state index contributed by atoms with van der Waals surface area (Å²) in [5.41, 5.74) is -0.0111. The topological polar surface area (TPSA) is 159 Å². The average Bonchev–Trinajstić information content (AvgIpc) is 3.68. The van der Waals surface area contributed by atoms with Gasteiger partial charge in [-0.15, -0.1) is 0 Å². The minimum atomic E-state index is -5.16. The number of rotatable bonds is 13. The Morgan fingerprint density at radius 3 is 1.86 bits per heavy atom. The third kappa shape index (κ3) is 9.22. The van der Waals surface area contributed by atoms with Crippen LogP contribution in [-0.4, -0.2) is 73.6 Å². The van der Waals surface area contributed by atoms with Crippen molar-refractivity contribution in [3.05, 3.63) is 64.7 Å². The number of nitrogens with zero attached hydrogens (tertiary/aromatic N) is 1. The molecular weight excluding hydrogens is 701 g/mol. The first-order valence-corrected chi connectivity index (χ1v) is 18.1. The van der Waals surface area contributed by atoms with Gasteiger partial charge in [-0.1, -0.05) is 45.7 Å². The van der Waals surface area contributed by atoms with Gasteiger partial charge >= 0.3 is 6.18 Å². The van der Waals surface area contributed by atoms with E-state index in [2.05, 4.69) is 10.6 Å².